The first kappa shape index (κ1) is 21.2. The molecule has 1 aromatic rings. The molecular weight excluding hydrogens is 406 g/mol. The molecule has 0 saturated carbocycles. The molecule has 0 spiro atoms. The van der Waals surface area contributed by atoms with E-state index in [-0.39, 0.29) is 36.8 Å². The zero-order valence-corrected chi connectivity index (χ0v) is 17.6. The maximum atomic E-state index is 12.9. The molecule has 12 heteroatoms. The van der Waals surface area contributed by atoms with Crippen molar-refractivity contribution in [2.45, 2.75) is 30.6 Å². The number of aryl methyl sites for hydroxylation is 1. The predicted octanol–water partition coefficient (Wildman–Crippen LogP) is -0.449. The van der Waals surface area contributed by atoms with Crippen LogP contribution in [0.5, 0.6) is 0 Å². The number of amides is 1. The number of nitrogens with zero attached hydrogens (tertiary/aromatic N) is 4. The molecule has 3 heterocycles. The smallest absolute Gasteiger partial charge is 0.282 e. The number of rotatable bonds is 5. The summed E-state index contributed by atoms with van der Waals surface area (Å²) >= 11 is 0. The van der Waals surface area contributed by atoms with Crippen molar-refractivity contribution in [2.24, 2.45) is 12.8 Å². The van der Waals surface area contributed by atoms with Gasteiger partial charge in [0.2, 0.25) is 10.0 Å². The Morgan fingerprint density at radius 1 is 0.857 bits per heavy atom. The Morgan fingerprint density at radius 3 is 1.86 bits per heavy atom. The van der Waals surface area contributed by atoms with E-state index < -0.39 is 26.1 Å². The minimum Gasteiger partial charge on any atom is -0.364 e. The molecule has 0 atom stereocenters. The molecule has 0 aliphatic carbocycles. The van der Waals surface area contributed by atoms with E-state index in [1.54, 1.807) is 7.05 Å². The van der Waals surface area contributed by atoms with Crippen LogP contribution in [0.4, 0.5) is 0 Å². The Bertz CT molecular complexity index is 925. The van der Waals surface area contributed by atoms with Crippen LogP contribution in [0.15, 0.2) is 17.2 Å². The summed E-state index contributed by atoms with van der Waals surface area (Å²) in [6, 6.07) is 1.25. The van der Waals surface area contributed by atoms with Crippen molar-refractivity contribution >= 4 is 26.1 Å². The summed E-state index contributed by atoms with van der Waals surface area (Å²) in [5, 5.41) is 0. The number of primary amides is 1. The van der Waals surface area contributed by atoms with Crippen LogP contribution in [0, 0.1) is 0 Å². The van der Waals surface area contributed by atoms with Crippen molar-refractivity contribution in [3.8, 4) is 0 Å². The Morgan fingerprint density at radius 2 is 1.36 bits per heavy atom. The van der Waals surface area contributed by atoms with Gasteiger partial charge in [-0.05, 0) is 18.9 Å². The quantitative estimate of drug-likeness (QED) is 0.673. The van der Waals surface area contributed by atoms with E-state index in [4.69, 9.17) is 5.73 Å². The fourth-order valence-electron chi connectivity index (χ4n) is 3.65. The second-order valence-corrected chi connectivity index (χ2v) is 11.0. The van der Waals surface area contributed by atoms with Crippen molar-refractivity contribution < 1.29 is 21.6 Å². The van der Waals surface area contributed by atoms with Crippen molar-refractivity contribution in [1.29, 1.82) is 0 Å². The number of hydrogen-bond donors (Lipinski definition) is 1. The second-order valence-electron chi connectivity index (χ2n) is 7.16. The molecule has 28 heavy (non-hydrogen) atoms. The van der Waals surface area contributed by atoms with Gasteiger partial charge in [0.15, 0.2) is 0 Å². The van der Waals surface area contributed by atoms with Crippen molar-refractivity contribution in [2.75, 3.05) is 39.3 Å². The summed E-state index contributed by atoms with van der Waals surface area (Å²) in [6.07, 6.45) is 5.11. The lowest BCUT2D eigenvalue weighted by Crippen LogP contribution is -2.54. The molecule has 3 rings (SSSR count). The average Bonchev–Trinajstić information content (AvgIpc) is 2.87. The summed E-state index contributed by atoms with van der Waals surface area (Å²) in [5.41, 5.74) is 5.35. The molecular formula is C16H27N5O5S2. The highest BCUT2D eigenvalue weighted by atomic mass is 32.2. The first-order valence-electron chi connectivity index (χ1n) is 9.35. The summed E-state index contributed by atoms with van der Waals surface area (Å²) in [4.78, 5) is 11.4. The van der Waals surface area contributed by atoms with E-state index in [9.17, 15) is 21.6 Å². The molecule has 0 bridgehead atoms. The Labute approximate surface area is 166 Å². The molecule has 1 aromatic heterocycles. The molecule has 1 amide bonds. The first-order valence-corrected chi connectivity index (χ1v) is 12.2. The summed E-state index contributed by atoms with van der Waals surface area (Å²) in [7, 11) is -5.86. The van der Waals surface area contributed by atoms with Gasteiger partial charge in [-0.2, -0.15) is 21.3 Å². The van der Waals surface area contributed by atoms with Crippen LogP contribution >= 0.6 is 0 Å². The molecule has 10 nitrogen and oxygen atoms in total. The first-order chi connectivity index (χ1) is 13.1. The molecule has 2 aliphatic heterocycles. The zero-order valence-electron chi connectivity index (χ0n) is 15.9. The van der Waals surface area contributed by atoms with Crippen molar-refractivity contribution in [1.82, 2.24) is 17.5 Å². The number of nitrogens with two attached hydrogens (primary N) is 1. The lowest BCUT2D eigenvalue weighted by molar-refractivity contribution is 0.0992. The van der Waals surface area contributed by atoms with Crippen LogP contribution in [-0.4, -0.2) is 79.5 Å². The normalized spacial score (nSPS) is 21.5. The molecule has 2 N–H and O–H groups in total. The largest absolute Gasteiger partial charge is 0.364 e. The maximum Gasteiger partial charge on any atom is 0.282 e. The Hall–Kier alpha value is -1.47. The minimum absolute atomic E-state index is 0.0207. The lowest BCUT2D eigenvalue weighted by atomic mass is 10.2. The Balaban J connectivity index is 1.70. The van der Waals surface area contributed by atoms with Gasteiger partial charge in [0, 0.05) is 52.5 Å². The number of carbonyl (C=O) groups excluding carboxylic acids is 1. The topological polar surface area (TPSA) is 126 Å². The molecule has 0 unspecified atom stereocenters. The summed E-state index contributed by atoms with van der Waals surface area (Å²) in [6.45, 7) is 1.37. The van der Waals surface area contributed by atoms with E-state index in [0.717, 1.165) is 25.7 Å². The monoisotopic (exact) mass is 433 g/mol. The van der Waals surface area contributed by atoms with Crippen LogP contribution in [-0.2, 0) is 27.3 Å². The van der Waals surface area contributed by atoms with Crippen LogP contribution in [0.1, 0.15) is 36.2 Å². The highest BCUT2D eigenvalue weighted by Crippen LogP contribution is 2.22. The summed E-state index contributed by atoms with van der Waals surface area (Å²) < 4.78 is 57.0. The van der Waals surface area contributed by atoms with Gasteiger partial charge >= 0.3 is 0 Å². The number of aromatic nitrogens is 1. The van der Waals surface area contributed by atoms with Crippen LogP contribution in [0.3, 0.4) is 0 Å². The number of hydrogen-bond acceptors (Lipinski definition) is 5. The van der Waals surface area contributed by atoms with Gasteiger partial charge in [-0.25, -0.2) is 8.42 Å². The zero-order chi connectivity index (χ0) is 20.5. The molecule has 2 aliphatic rings. The third-order valence-electron chi connectivity index (χ3n) is 5.29. The van der Waals surface area contributed by atoms with Crippen molar-refractivity contribution in [3.63, 3.8) is 0 Å². The number of sulfonamides is 1. The van der Waals surface area contributed by atoms with Gasteiger partial charge in [-0.1, -0.05) is 12.8 Å². The second kappa shape index (κ2) is 8.11. The van der Waals surface area contributed by atoms with E-state index in [1.165, 1.54) is 29.7 Å². The molecule has 0 aromatic carbocycles. The minimum atomic E-state index is -3.83. The van der Waals surface area contributed by atoms with Crippen LogP contribution < -0.4 is 5.73 Å². The van der Waals surface area contributed by atoms with Gasteiger partial charge in [0.25, 0.3) is 16.1 Å². The SMILES string of the molecule is Cn1cc(S(=O)(=O)N2CCN(S(=O)(=O)N3CCCCCC3)CC2)cc1C(N)=O. The van der Waals surface area contributed by atoms with Gasteiger partial charge in [-0.3, -0.25) is 4.79 Å². The predicted molar refractivity (Wildman–Crippen MR) is 103 cm³/mol. The number of piperazine rings is 1. The maximum absolute atomic E-state index is 12.9. The third kappa shape index (κ3) is 4.10. The lowest BCUT2D eigenvalue weighted by Gasteiger charge is -2.35. The van der Waals surface area contributed by atoms with Gasteiger partial charge in [-0.15, -0.1) is 0 Å². The fourth-order valence-corrected chi connectivity index (χ4v) is 6.81. The van der Waals surface area contributed by atoms with E-state index in [0.29, 0.717) is 13.1 Å². The Kier molecular flexibility index (Phi) is 6.15. The average molecular weight is 434 g/mol. The molecule has 2 saturated heterocycles. The summed E-state index contributed by atoms with van der Waals surface area (Å²) in [5.74, 6) is -0.711. The highest BCUT2D eigenvalue weighted by molar-refractivity contribution is 7.89. The molecule has 158 valence electrons. The van der Waals surface area contributed by atoms with E-state index >= 15 is 0 Å². The molecule has 0 radical (unpaired) electrons. The number of carbonyl (C=O) groups is 1. The standard InChI is InChI=1S/C16H27N5O5S2/c1-18-13-14(12-15(18)16(17)22)27(23,24)19-8-10-21(11-9-19)28(25,26)20-6-4-2-3-5-7-20/h12-13H,2-11H2,1H3,(H2,17,22). The van der Waals surface area contributed by atoms with Crippen LogP contribution in [0.25, 0.3) is 0 Å². The fraction of sp³-hybridized carbons (Fsp3) is 0.688. The van der Waals surface area contributed by atoms with Gasteiger partial charge < -0.3 is 10.3 Å². The van der Waals surface area contributed by atoms with E-state index in [2.05, 4.69) is 0 Å². The van der Waals surface area contributed by atoms with Gasteiger partial charge in [0.05, 0.1) is 0 Å². The van der Waals surface area contributed by atoms with Gasteiger partial charge in [0.1, 0.15) is 10.6 Å². The third-order valence-corrected chi connectivity index (χ3v) is 9.18. The van der Waals surface area contributed by atoms with E-state index in [1.807, 2.05) is 0 Å². The van der Waals surface area contributed by atoms with Crippen molar-refractivity contribution in [3.05, 3.63) is 18.0 Å². The highest BCUT2D eigenvalue weighted by Gasteiger charge is 2.36. The van der Waals surface area contributed by atoms with Crippen LogP contribution in [0.2, 0.25) is 0 Å². The molecule has 2 fully saturated rings.